The molecule has 1 N–H and O–H groups in total. The lowest BCUT2D eigenvalue weighted by molar-refractivity contribution is -0.139. The van der Waals surface area contributed by atoms with Crippen LogP contribution in [0, 0.1) is 23.7 Å². The molecule has 3 nitrogen and oxygen atoms in total. The molecular weight excluding hydrogens is 248 g/mol. The first-order chi connectivity index (χ1) is 9.83. The van der Waals surface area contributed by atoms with Crippen molar-refractivity contribution in [1.82, 2.24) is 10.2 Å². The fourth-order valence-corrected chi connectivity index (χ4v) is 5.55. The second-order valence-electron chi connectivity index (χ2n) is 7.61. The van der Waals surface area contributed by atoms with Crippen LogP contribution in [0.2, 0.25) is 0 Å². The first-order valence-corrected chi connectivity index (χ1v) is 8.84. The quantitative estimate of drug-likeness (QED) is 0.840. The molecule has 0 radical (unpaired) electrons. The van der Waals surface area contributed by atoms with E-state index >= 15 is 0 Å². The molecule has 3 heteroatoms. The van der Waals surface area contributed by atoms with Crippen LogP contribution in [0.25, 0.3) is 0 Å². The predicted octanol–water partition coefficient (Wildman–Crippen LogP) is 2.41. The topological polar surface area (TPSA) is 32.3 Å². The van der Waals surface area contributed by atoms with Gasteiger partial charge in [0.25, 0.3) is 0 Å². The molecule has 2 aliphatic carbocycles. The van der Waals surface area contributed by atoms with Crippen LogP contribution < -0.4 is 5.32 Å². The van der Waals surface area contributed by atoms with Crippen molar-refractivity contribution in [1.29, 1.82) is 0 Å². The molecule has 0 spiro atoms. The minimum absolute atomic E-state index is 0.399. The monoisotopic (exact) mass is 276 g/mol. The van der Waals surface area contributed by atoms with E-state index in [4.69, 9.17) is 0 Å². The molecule has 20 heavy (non-hydrogen) atoms. The van der Waals surface area contributed by atoms with Gasteiger partial charge in [-0.05, 0) is 75.8 Å². The third-order valence-electron chi connectivity index (χ3n) is 6.57. The number of hydrogen-bond acceptors (Lipinski definition) is 2. The Morgan fingerprint density at radius 2 is 1.80 bits per heavy atom. The Morgan fingerprint density at radius 1 is 0.950 bits per heavy atom. The molecule has 0 aromatic heterocycles. The molecule has 0 aromatic rings. The lowest BCUT2D eigenvalue weighted by atomic mass is 9.85. The van der Waals surface area contributed by atoms with Crippen LogP contribution >= 0.6 is 0 Å². The molecule has 0 aromatic carbocycles. The van der Waals surface area contributed by atoms with Crippen molar-refractivity contribution in [3.05, 3.63) is 0 Å². The zero-order valence-electron chi connectivity index (χ0n) is 12.5. The van der Waals surface area contributed by atoms with Crippen LogP contribution in [0.5, 0.6) is 0 Å². The number of fused-ring (bicyclic) bond motifs is 2. The van der Waals surface area contributed by atoms with Gasteiger partial charge in [-0.25, -0.2) is 0 Å². The van der Waals surface area contributed by atoms with Crippen LogP contribution in [0.1, 0.15) is 51.4 Å². The van der Waals surface area contributed by atoms with Gasteiger partial charge in [0, 0.05) is 18.5 Å². The molecule has 2 bridgehead atoms. The van der Waals surface area contributed by atoms with Gasteiger partial charge < -0.3 is 10.2 Å². The van der Waals surface area contributed by atoms with Crippen LogP contribution in [0.3, 0.4) is 0 Å². The summed E-state index contributed by atoms with van der Waals surface area (Å²) in [5.74, 6) is 3.33. The largest absolute Gasteiger partial charge is 0.339 e. The maximum atomic E-state index is 13.0. The van der Waals surface area contributed by atoms with E-state index in [1.165, 1.54) is 51.4 Å². The number of hydrogen-bond donors (Lipinski definition) is 1. The van der Waals surface area contributed by atoms with Crippen molar-refractivity contribution >= 4 is 5.91 Å². The molecule has 2 aliphatic heterocycles. The highest BCUT2D eigenvalue weighted by atomic mass is 16.2. The molecule has 2 heterocycles. The highest BCUT2D eigenvalue weighted by Crippen LogP contribution is 2.49. The van der Waals surface area contributed by atoms with Crippen LogP contribution in [0.15, 0.2) is 0 Å². The fourth-order valence-electron chi connectivity index (χ4n) is 5.55. The Morgan fingerprint density at radius 3 is 2.50 bits per heavy atom. The minimum Gasteiger partial charge on any atom is -0.339 e. The van der Waals surface area contributed by atoms with Crippen molar-refractivity contribution in [3.63, 3.8) is 0 Å². The van der Waals surface area contributed by atoms with E-state index in [2.05, 4.69) is 10.2 Å². The Bertz CT molecular complexity index is 377. The van der Waals surface area contributed by atoms with Crippen LogP contribution in [0.4, 0.5) is 0 Å². The zero-order chi connectivity index (χ0) is 13.5. The average molecular weight is 276 g/mol. The highest BCUT2D eigenvalue weighted by Gasteiger charge is 2.46. The number of likely N-dealkylation sites (tertiary alicyclic amines) is 1. The number of carbonyl (C=O) groups is 1. The second kappa shape index (κ2) is 5.32. The lowest BCUT2D eigenvalue weighted by Gasteiger charge is -2.36. The number of piperidine rings is 1. The lowest BCUT2D eigenvalue weighted by Crippen LogP contribution is -2.46. The number of amides is 1. The standard InChI is InChI=1S/C17H28N2O/c20-17(15-11-12-3-4-14(15)10-12)19-9-1-2-16(19)13-5-7-18-8-6-13/h12-16,18H,1-11H2. The van der Waals surface area contributed by atoms with Crippen molar-refractivity contribution in [2.45, 2.75) is 57.4 Å². The summed E-state index contributed by atoms with van der Waals surface area (Å²) in [6, 6.07) is 0.573. The van der Waals surface area contributed by atoms with E-state index in [0.717, 1.165) is 37.4 Å². The SMILES string of the molecule is O=C(C1CC2CCC1C2)N1CCCC1C1CCNCC1. The Balaban J connectivity index is 1.44. The van der Waals surface area contributed by atoms with Gasteiger partial charge >= 0.3 is 0 Å². The summed E-state index contributed by atoms with van der Waals surface area (Å²) < 4.78 is 0. The van der Waals surface area contributed by atoms with Crippen LogP contribution in [-0.4, -0.2) is 36.5 Å². The molecule has 1 amide bonds. The van der Waals surface area contributed by atoms with Gasteiger partial charge in [-0.3, -0.25) is 4.79 Å². The molecule has 4 unspecified atom stereocenters. The Labute approximate surface area is 122 Å². The molecule has 2 saturated carbocycles. The zero-order valence-corrected chi connectivity index (χ0v) is 12.5. The van der Waals surface area contributed by atoms with E-state index in [-0.39, 0.29) is 0 Å². The Kier molecular flexibility index (Phi) is 3.49. The van der Waals surface area contributed by atoms with E-state index in [9.17, 15) is 4.79 Å². The van der Waals surface area contributed by atoms with Gasteiger partial charge in [-0.2, -0.15) is 0 Å². The summed E-state index contributed by atoms with van der Waals surface area (Å²) in [4.78, 5) is 15.3. The molecular formula is C17H28N2O. The predicted molar refractivity (Wildman–Crippen MR) is 79.3 cm³/mol. The molecule has 112 valence electrons. The van der Waals surface area contributed by atoms with Gasteiger partial charge in [0.2, 0.25) is 5.91 Å². The first-order valence-electron chi connectivity index (χ1n) is 8.84. The maximum Gasteiger partial charge on any atom is 0.226 e. The number of rotatable bonds is 2. The number of nitrogens with zero attached hydrogens (tertiary/aromatic N) is 1. The summed E-state index contributed by atoms with van der Waals surface area (Å²) in [6.07, 6.45) is 10.3. The van der Waals surface area contributed by atoms with E-state index in [1.54, 1.807) is 0 Å². The maximum absolute atomic E-state index is 13.0. The van der Waals surface area contributed by atoms with E-state index in [0.29, 0.717) is 17.9 Å². The van der Waals surface area contributed by atoms with Crippen molar-refractivity contribution in [3.8, 4) is 0 Å². The molecule has 4 fully saturated rings. The van der Waals surface area contributed by atoms with Gasteiger partial charge in [0.1, 0.15) is 0 Å². The van der Waals surface area contributed by atoms with Gasteiger partial charge in [-0.15, -0.1) is 0 Å². The smallest absolute Gasteiger partial charge is 0.226 e. The highest BCUT2D eigenvalue weighted by molar-refractivity contribution is 5.80. The summed E-state index contributed by atoms with van der Waals surface area (Å²) in [5, 5.41) is 3.46. The fraction of sp³-hybridized carbons (Fsp3) is 0.941. The van der Waals surface area contributed by atoms with E-state index < -0.39 is 0 Å². The first kappa shape index (κ1) is 13.1. The van der Waals surface area contributed by atoms with Crippen LogP contribution in [-0.2, 0) is 4.79 Å². The van der Waals surface area contributed by atoms with Crippen molar-refractivity contribution in [2.75, 3.05) is 19.6 Å². The van der Waals surface area contributed by atoms with Gasteiger partial charge in [0.05, 0.1) is 0 Å². The van der Waals surface area contributed by atoms with Crippen molar-refractivity contribution in [2.24, 2.45) is 23.7 Å². The van der Waals surface area contributed by atoms with Gasteiger partial charge in [-0.1, -0.05) is 6.42 Å². The third kappa shape index (κ3) is 2.18. The second-order valence-corrected chi connectivity index (χ2v) is 7.61. The third-order valence-corrected chi connectivity index (χ3v) is 6.57. The number of carbonyl (C=O) groups excluding carboxylic acids is 1. The normalized spacial score (nSPS) is 41.5. The van der Waals surface area contributed by atoms with E-state index in [1.807, 2.05) is 0 Å². The summed E-state index contributed by atoms with van der Waals surface area (Å²) in [7, 11) is 0. The Hall–Kier alpha value is -0.570. The summed E-state index contributed by atoms with van der Waals surface area (Å²) in [6.45, 7) is 3.34. The molecule has 4 aliphatic rings. The molecule has 4 atom stereocenters. The van der Waals surface area contributed by atoms with Gasteiger partial charge in [0.15, 0.2) is 0 Å². The van der Waals surface area contributed by atoms with Crippen molar-refractivity contribution < 1.29 is 4.79 Å². The summed E-state index contributed by atoms with van der Waals surface area (Å²) in [5.41, 5.74) is 0. The number of nitrogens with one attached hydrogen (secondary N) is 1. The molecule has 4 rings (SSSR count). The molecule has 2 saturated heterocycles. The summed E-state index contributed by atoms with van der Waals surface area (Å²) >= 11 is 0. The minimum atomic E-state index is 0.399. The average Bonchev–Trinajstić information content (AvgIpc) is 3.23.